The molecule has 0 radical (unpaired) electrons. The van der Waals surface area contributed by atoms with Gasteiger partial charge < -0.3 is 5.73 Å². The van der Waals surface area contributed by atoms with Crippen LogP contribution in [0.3, 0.4) is 0 Å². The number of nitrogens with one attached hydrogen (secondary N) is 1. The Morgan fingerprint density at radius 3 is 2.45 bits per heavy atom. The van der Waals surface area contributed by atoms with Crippen LogP contribution in [0.4, 0.5) is 19.1 Å². The summed E-state index contributed by atoms with van der Waals surface area (Å²) in [6.07, 6.45) is -2.65. The molecule has 0 spiro atoms. The van der Waals surface area contributed by atoms with Crippen LogP contribution in [-0.2, 0) is 10.4 Å². The van der Waals surface area contributed by atoms with E-state index in [2.05, 4.69) is 15.6 Å². The maximum Gasteiger partial charge on any atom is 0.428 e. The summed E-state index contributed by atoms with van der Waals surface area (Å²) < 4.78 is 43.6. The molecule has 1 atom stereocenters. The van der Waals surface area contributed by atoms with Crippen LogP contribution in [-0.4, -0.2) is 20.9 Å². The third kappa shape index (κ3) is 3.67. The molecule has 0 fully saturated rings. The van der Waals surface area contributed by atoms with Crippen molar-refractivity contribution in [3.63, 3.8) is 0 Å². The summed E-state index contributed by atoms with van der Waals surface area (Å²) in [6.45, 7) is 0. The Kier molecular flexibility index (Phi) is 5.05. The Morgan fingerprint density at radius 2 is 1.87 bits per heavy atom. The van der Waals surface area contributed by atoms with Gasteiger partial charge in [0, 0.05) is 21.2 Å². The first-order valence-corrected chi connectivity index (χ1v) is 9.31. The van der Waals surface area contributed by atoms with E-state index in [0.29, 0.717) is 5.69 Å². The van der Waals surface area contributed by atoms with Crippen molar-refractivity contribution in [1.82, 2.24) is 20.2 Å². The molecule has 3 aromatic rings. The molecule has 7 nitrogen and oxygen atoms in total. The summed E-state index contributed by atoms with van der Waals surface area (Å²) in [6, 6.07) is 9.96. The molecule has 1 unspecified atom stereocenters. The molecule has 1 aliphatic heterocycles. The highest BCUT2D eigenvalue weighted by atomic mass is 35.5. The van der Waals surface area contributed by atoms with Gasteiger partial charge in [-0.25, -0.2) is 9.67 Å². The van der Waals surface area contributed by atoms with E-state index in [9.17, 15) is 18.4 Å². The number of benzene rings is 2. The first-order valence-electron chi connectivity index (χ1n) is 8.55. The number of nitrogens with zero attached hydrogens (tertiary/aromatic N) is 4. The monoisotopic (exact) mass is 466 g/mol. The molecule has 1 aromatic heterocycles. The summed E-state index contributed by atoms with van der Waals surface area (Å²) in [5.41, 5.74) is 5.48. The molecule has 31 heavy (non-hydrogen) atoms. The standard InChI is InChI=1S/C19H11Cl2F3N6O/c20-13-4-12(5-14(21)6-13)18(19(22,23)24)7-15(29-31-18)10-1-2-16(11(3-10)8-25)30-9-27-17(26)28-30/h1-7,9,29H,(H2,26,28). The van der Waals surface area contributed by atoms with Gasteiger partial charge in [0.2, 0.25) is 11.5 Å². The Bertz CT molecular complexity index is 1230. The Balaban J connectivity index is 1.81. The van der Waals surface area contributed by atoms with Crippen molar-refractivity contribution in [2.75, 3.05) is 5.73 Å². The molecule has 158 valence electrons. The minimum absolute atomic E-state index is 0.00887. The zero-order chi connectivity index (χ0) is 22.4. The lowest BCUT2D eigenvalue weighted by atomic mass is 9.91. The van der Waals surface area contributed by atoms with Gasteiger partial charge in [-0.1, -0.05) is 29.3 Å². The van der Waals surface area contributed by atoms with Crippen molar-refractivity contribution in [2.45, 2.75) is 11.8 Å². The van der Waals surface area contributed by atoms with E-state index >= 15 is 0 Å². The molecule has 0 saturated heterocycles. The second-order valence-electron chi connectivity index (χ2n) is 6.54. The first kappa shape index (κ1) is 21.0. The molecular formula is C19H11Cl2F3N6O. The molecule has 4 rings (SSSR count). The van der Waals surface area contributed by atoms with Crippen LogP contribution in [0.15, 0.2) is 48.8 Å². The molecule has 0 saturated carbocycles. The van der Waals surface area contributed by atoms with Gasteiger partial charge in [0.05, 0.1) is 16.9 Å². The number of alkyl halides is 3. The average Bonchev–Trinajstić information content (AvgIpc) is 3.34. The van der Waals surface area contributed by atoms with Gasteiger partial charge in [-0.3, -0.25) is 10.3 Å². The van der Waals surface area contributed by atoms with Crippen molar-refractivity contribution in [1.29, 1.82) is 5.26 Å². The largest absolute Gasteiger partial charge is 0.428 e. The predicted molar refractivity (Wildman–Crippen MR) is 107 cm³/mol. The third-order valence-electron chi connectivity index (χ3n) is 4.57. The fraction of sp³-hybridized carbons (Fsp3) is 0.105. The molecule has 3 N–H and O–H groups in total. The van der Waals surface area contributed by atoms with E-state index in [1.807, 2.05) is 6.07 Å². The van der Waals surface area contributed by atoms with Crippen molar-refractivity contribution in [2.24, 2.45) is 0 Å². The molecule has 2 heterocycles. The van der Waals surface area contributed by atoms with Crippen LogP contribution in [0.1, 0.15) is 16.7 Å². The van der Waals surface area contributed by atoms with E-state index in [4.69, 9.17) is 33.8 Å². The lowest BCUT2D eigenvalue weighted by Crippen LogP contribution is -2.42. The highest BCUT2D eigenvalue weighted by molar-refractivity contribution is 6.34. The highest BCUT2D eigenvalue weighted by Gasteiger charge is 2.59. The van der Waals surface area contributed by atoms with Crippen molar-refractivity contribution < 1.29 is 18.0 Å². The molecular weight excluding hydrogens is 456 g/mol. The van der Waals surface area contributed by atoms with Gasteiger partial charge in [-0.15, -0.1) is 5.10 Å². The summed E-state index contributed by atoms with van der Waals surface area (Å²) in [5.74, 6) is 0.0108. The first-order chi connectivity index (χ1) is 14.6. The van der Waals surface area contributed by atoms with Crippen LogP contribution in [0.25, 0.3) is 11.4 Å². The van der Waals surface area contributed by atoms with Crippen LogP contribution in [0.2, 0.25) is 10.0 Å². The number of anilines is 1. The van der Waals surface area contributed by atoms with Crippen molar-refractivity contribution in [3.8, 4) is 11.8 Å². The van der Waals surface area contributed by atoms with Crippen LogP contribution < -0.4 is 11.2 Å². The number of rotatable bonds is 3. The van der Waals surface area contributed by atoms with Crippen molar-refractivity contribution >= 4 is 34.8 Å². The van der Waals surface area contributed by atoms with E-state index in [1.165, 1.54) is 35.3 Å². The number of nitrogen functional groups attached to an aromatic ring is 1. The summed E-state index contributed by atoms with van der Waals surface area (Å²) in [4.78, 5) is 8.84. The van der Waals surface area contributed by atoms with Gasteiger partial charge >= 0.3 is 6.18 Å². The van der Waals surface area contributed by atoms with Gasteiger partial charge in [0.15, 0.2) is 0 Å². The zero-order valence-electron chi connectivity index (χ0n) is 15.3. The van der Waals surface area contributed by atoms with Crippen LogP contribution in [0.5, 0.6) is 0 Å². The normalized spacial score (nSPS) is 18.4. The van der Waals surface area contributed by atoms with E-state index in [0.717, 1.165) is 18.2 Å². The van der Waals surface area contributed by atoms with Crippen LogP contribution >= 0.6 is 23.2 Å². The minimum atomic E-state index is -4.84. The molecule has 0 bridgehead atoms. The maximum absolute atomic E-state index is 14.1. The lowest BCUT2D eigenvalue weighted by Gasteiger charge is -2.28. The fourth-order valence-corrected chi connectivity index (χ4v) is 3.66. The molecule has 1 aliphatic rings. The summed E-state index contributed by atoms with van der Waals surface area (Å²) >= 11 is 11.8. The van der Waals surface area contributed by atoms with Gasteiger partial charge in [0.25, 0.3) is 0 Å². The number of hydrogen-bond acceptors (Lipinski definition) is 6. The number of aromatic nitrogens is 3. The smallest absolute Gasteiger partial charge is 0.366 e. The number of nitrogens with two attached hydrogens (primary N) is 1. The summed E-state index contributed by atoms with van der Waals surface area (Å²) in [7, 11) is 0. The molecule has 12 heteroatoms. The number of hydroxylamine groups is 1. The predicted octanol–water partition coefficient (Wildman–Crippen LogP) is 4.36. The van der Waals surface area contributed by atoms with Gasteiger partial charge in [-0.05, 0) is 36.4 Å². The maximum atomic E-state index is 14.1. The van der Waals surface area contributed by atoms with Gasteiger partial charge in [-0.2, -0.15) is 18.4 Å². The summed E-state index contributed by atoms with van der Waals surface area (Å²) in [5, 5.41) is 13.5. The lowest BCUT2D eigenvalue weighted by molar-refractivity contribution is -0.269. The number of hydrogen-bond donors (Lipinski definition) is 2. The Labute approximate surface area is 183 Å². The minimum Gasteiger partial charge on any atom is -0.366 e. The third-order valence-corrected chi connectivity index (χ3v) is 5.00. The van der Waals surface area contributed by atoms with E-state index < -0.39 is 11.8 Å². The number of halogens is 5. The Morgan fingerprint density at radius 1 is 1.16 bits per heavy atom. The highest BCUT2D eigenvalue weighted by Crippen LogP contribution is 2.48. The van der Waals surface area contributed by atoms with Crippen molar-refractivity contribution in [3.05, 3.63) is 75.5 Å². The van der Waals surface area contributed by atoms with E-state index in [-0.39, 0.29) is 38.4 Å². The second kappa shape index (κ2) is 7.46. The van der Waals surface area contributed by atoms with E-state index in [1.54, 1.807) is 0 Å². The SMILES string of the molecule is N#Cc1cc(C2=CC(c3cc(Cl)cc(Cl)c3)(C(F)(F)F)ON2)ccc1-n1cnc(N)n1. The average molecular weight is 467 g/mol. The number of nitriles is 1. The quantitative estimate of drug-likeness (QED) is 0.594. The topological polar surface area (TPSA) is 102 Å². The molecule has 0 amide bonds. The molecule has 0 aliphatic carbocycles. The zero-order valence-corrected chi connectivity index (χ0v) is 16.8. The Hall–Kier alpha value is -3.26. The fourth-order valence-electron chi connectivity index (χ4n) is 3.14. The van der Waals surface area contributed by atoms with Gasteiger partial charge in [0.1, 0.15) is 12.4 Å². The second-order valence-corrected chi connectivity index (χ2v) is 7.42. The molecule has 2 aromatic carbocycles. The van der Waals surface area contributed by atoms with Crippen LogP contribution in [0, 0.1) is 11.3 Å².